The highest BCUT2D eigenvalue weighted by Gasteiger charge is 2.28. The van der Waals surface area contributed by atoms with Crippen LogP contribution in [0.1, 0.15) is 81.9 Å². The summed E-state index contributed by atoms with van der Waals surface area (Å²) in [6, 6.07) is 9.02. The molecule has 2 unspecified atom stereocenters. The van der Waals surface area contributed by atoms with E-state index in [4.69, 9.17) is 5.73 Å². The van der Waals surface area contributed by atoms with Crippen LogP contribution in [-0.2, 0) is 6.42 Å². The molecule has 0 saturated heterocycles. The van der Waals surface area contributed by atoms with Gasteiger partial charge in [0.15, 0.2) is 0 Å². The molecule has 1 nitrogen and oxygen atoms in total. The van der Waals surface area contributed by atoms with Crippen LogP contribution in [0, 0.1) is 5.92 Å². The molecule has 1 aromatic rings. The molecule has 0 aromatic heterocycles. The summed E-state index contributed by atoms with van der Waals surface area (Å²) in [6.45, 7) is 2.28. The predicted octanol–water partition coefficient (Wildman–Crippen LogP) is 5.39. The monoisotopic (exact) mass is 273 g/mol. The molecular weight excluding hydrogens is 242 g/mol. The minimum Gasteiger partial charge on any atom is -0.324 e. The summed E-state index contributed by atoms with van der Waals surface area (Å²) in [5, 5.41) is 0. The van der Waals surface area contributed by atoms with Crippen molar-refractivity contribution in [1.82, 2.24) is 0 Å². The first-order valence-electron chi connectivity index (χ1n) is 8.66. The molecule has 2 rings (SSSR count). The highest BCUT2D eigenvalue weighted by molar-refractivity contribution is 5.35. The lowest BCUT2D eigenvalue weighted by molar-refractivity contribution is 0.409. The molecule has 1 heteroatoms. The first-order valence-corrected chi connectivity index (χ1v) is 8.66. The normalized spacial score (nSPS) is 21.1. The zero-order valence-electron chi connectivity index (χ0n) is 13.1. The summed E-state index contributed by atoms with van der Waals surface area (Å²) in [7, 11) is 0. The third kappa shape index (κ3) is 4.34. The average molecular weight is 273 g/mol. The van der Waals surface area contributed by atoms with Crippen LogP contribution in [0.2, 0.25) is 0 Å². The van der Waals surface area contributed by atoms with Gasteiger partial charge in [-0.15, -0.1) is 0 Å². The smallest absolute Gasteiger partial charge is 0.0329 e. The van der Waals surface area contributed by atoms with Gasteiger partial charge in [-0.2, -0.15) is 0 Å². The summed E-state index contributed by atoms with van der Waals surface area (Å²) in [6.07, 6.45) is 13.7. The summed E-state index contributed by atoms with van der Waals surface area (Å²) in [4.78, 5) is 0. The number of hydrogen-bond donors (Lipinski definition) is 1. The minimum absolute atomic E-state index is 0.288. The number of nitrogens with two attached hydrogens (primary N) is 1. The summed E-state index contributed by atoms with van der Waals surface area (Å²) >= 11 is 0. The molecule has 0 spiro atoms. The van der Waals surface area contributed by atoms with Crippen LogP contribution in [0.4, 0.5) is 0 Å². The van der Waals surface area contributed by atoms with E-state index in [1.165, 1.54) is 75.3 Å². The number of fused-ring (bicyclic) bond motifs is 1. The Kier molecular flexibility index (Phi) is 6.59. The Morgan fingerprint density at radius 2 is 1.60 bits per heavy atom. The molecular formula is C19H31N. The molecule has 0 heterocycles. The van der Waals surface area contributed by atoms with Crippen molar-refractivity contribution < 1.29 is 0 Å². The topological polar surface area (TPSA) is 26.0 Å². The number of rotatable bonds is 9. The molecule has 1 aliphatic rings. The second-order valence-corrected chi connectivity index (χ2v) is 6.45. The Morgan fingerprint density at radius 3 is 2.30 bits per heavy atom. The van der Waals surface area contributed by atoms with Gasteiger partial charge in [0.05, 0.1) is 0 Å². The fourth-order valence-electron chi connectivity index (χ4n) is 3.53. The fraction of sp³-hybridized carbons (Fsp3) is 0.684. The van der Waals surface area contributed by atoms with Gasteiger partial charge in [-0.05, 0) is 29.9 Å². The van der Waals surface area contributed by atoms with Gasteiger partial charge in [-0.3, -0.25) is 0 Å². The van der Waals surface area contributed by atoms with Crippen molar-refractivity contribution in [3.8, 4) is 0 Å². The second kappa shape index (κ2) is 8.46. The van der Waals surface area contributed by atoms with Gasteiger partial charge in [0.25, 0.3) is 0 Å². The van der Waals surface area contributed by atoms with Gasteiger partial charge in [0.2, 0.25) is 0 Å². The van der Waals surface area contributed by atoms with E-state index in [0.29, 0.717) is 5.92 Å². The Morgan fingerprint density at radius 1 is 0.950 bits per heavy atom. The molecule has 0 radical (unpaired) electrons. The van der Waals surface area contributed by atoms with Crippen LogP contribution in [-0.4, -0.2) is 0 Å². The van der Waals surface area contributed by atoms with E-state index in [1.807, 2.05) is 0 Å². The predicted molar refractivity (Wildman–Crippen MR) is 87.8 cm³/mol. The standard InChI is InChI=1S/C19H31N/c1-2-3-4-5-6-7-8-9-13-17-15-16-12-10-11-14-18(16)19(17)20/h10-12,14,17,19H,2-9,13,15,20H2,1H3. The fourth-order valence-corrected chi connectivity index (χ4v) is 3.53. The maximum absolute atomic E-state index is 6.39. The molecule has 0 saturated carbocycles. The molecule has 0 fully saturated rings. The van der Waals surface area contributed by atoms with Crippen LogP contribution in [0.3, 0.4) is 0 Å². The number of unbranched alkanes of at least 4 members (excludes halogenated alkanes) is 7. The molecule has 2 N–H and O–H groups in total. The van der Waals surface area contributed by atoms with Crippen LogP contribution >= 0.6 is 0 Å². The summed E-state index contributed by atoms with van der Waals surface area (Å²) in [5.74, 6) is 0.687. The zero-order chi connectivity index (χ0) is 14.2. The number of hydrogen-bond acceptors (Lipinski definition) is 1. The van der Waals surface area contributed by atoms with Crippen molar-refractivity contribution in [2.75, 3.05) is 0 Å². The minimum atomic E-state index is 0.288. The van der Waals surface area contributed by atoms with Gasteiger partial charge < -0.3 is 5.73 Å². The molecule has 0 bridgehead atoms. The third-order valence-electron chi connectivity index (χ3n) is 4.83. The van der Waals surface area contributed by atoms with E-state index in [0.717, 1.165) is 0 Å². The van der Waals surface area contributed by atoms with Crippen LogP contribution in [0.5, 0.6) is 0 Å². The van der Waals surface area contributed by atoms with E-state index >= 15 is 0 Å². The third-order valence-corrected chi connectivity index (χ3v) is 4.83. The molecule has 1 aliphatic carbocycles. The first-order chi connectivity index (χ1) is 9.83. The molecule has 1 aromatic carbocycles. The van der Waals surface area contributed by atoms with Crippen molar-refractivity contribution in [3.05, 3.63) is 35.4 Å². The van der Waals surface area contributed by atoms with Crippen molar-refractivity contribution in [1.29, 1.82) is 0 Å². The lowest BCUT2D eigenvalue weighted by Crippen LogP contribution is -2.16. The molecule has 20 heavy (non-hydrogen) atoms. The maximum Gasteiger partial charge on any atom is 0.0329 e. The highest BCUT2D eigenvalue weighted by Crippen LogP contribution is 2.37. The lowest BCUT2D eigenvalue weighted by Gasteiger charge is -2.15. The van der Waals surface area contributed by atoms with Crippen molar-refractivity contribution >= 4 is 0 Å². The molecule has 0 aliphatic heterocycles. The van der Waals surface area contributed by atoms with Gasteiger partial charge >= 0.3 is 0 Å². The second-order valence-electron chi connectivity index (χ2n) is 6.45. The first kappa shape index (κ1) is 15.6. The van der Waals surface area contributed by atoms with Gasteiger partial charge in [-0.25, -0.2) is 0 Å². The highest BCUT2D eigenvalue weighted by atomic mass is 14.7. The van der Waals surface area contributed by atoms with Gasteiger partial charge in [-0.1, -0.05) is 82.6 Å². The van der Waals surface area contributed by atoms with Crippen LogP contribution < -0.4 is 5.73 Å². The largest absolute Gasteiger partial charge is 0.324 e. The van der Waals surface area contributed by atoms with E-state index in [1.54, 1.807) is 0 Å². The van der Waals surface area contributed by atoms with Gasteiger partial charge in [0.1, 0.15) is 0 Å². The van der Waals surface area contributed by atoms with E-state index in [9.17, 15) is 0 Å². The van der Waals surface area contributed by atoms with Crippen molar-refractivity contribution in [2.45, 2.75) is 77.2 Å². The van der Waals surface area contributed by atoms with E-state index < -0.39 is 0 Å². The van der Waals surface area contributed by atoms with Crippen LogP contribution in [0.25, 0.3) is 0 Å². The zero-order valence-corrected chi connectivity index (χ0v) is 13.1. The molecule has 0 amide bonds. The Labute approximate surface area is 125 Å². The Hall–Kier alpha value is -0.820. The maximum atomic E-state index is 6.39. The van der Waals surface area contributed by atoms with Crippen molar-refractivity contribution in [2.24, 2.45) is 11.7 Å². The SMILES string of the molecule is CCCCCCCCCCC1Cc2ccccc2C1N. The van der Waals surface area contributed by atoms with Crippen molar-refractivity contribution in [3.63, 3.8) is 0 Å². The average Bonchev–Trinajstić information content (AvgIpc) is 2.79. The quantitative estimate of drug-likeness (QED) is 0.600. The Balaban J connectivity index is 1.58. The van der Waals surface area contributed by atoms with Gasteiger partial charge in [0, 0.05) is 6.04 Å². The van der Waals surface area contributed by atoms with Crippen LogP contribution in [0.15, 0.2) is 24.3 Å². The summed E-state index contributed by atoms with van der Waals surface area (Å²) in [5.41, 5.74) is 9.28. The Bertz CT molecular complexity index is 385. The van der Waals surface area contributed by atoms with E-state index in [2.05, 4.69) is 31.2 Å². The van der Waals surface area contributed by atoms with E-state index in [-0.39, 0.29) is 6.04 Å². The number of benzene rings is 1. The molecule has 2 atom stereocenters. The summed E-state index contributed by atoms with van der Waals surface area (Å²) < 4.78 is 0. The lowest BCUT2D eigenvalue weighted by atomic mass is 9.94. The molecule has 112 valence electrons.